The van der Waals surface area contributed by atoms with Crippen LogP contribution in [0.5, 0.6) is 0 Å². The molecule has 0 saturated heterocycles. The number of amides is 1. The van der Waals surface area contributed by atoms with Crippen molar-refractivity contribution < 1.29 is 8.68 Å². The fourth-order valence-electron chi connectivity index (χ4n) is 3.57. The maximum atomic E-state index is 13.3. The summed E-state index contributed by atoms with van der Waals surface area (Å²) in [5.74, 6) is -0.328. The first-order valence-electron chi connectivity index (χ1n) is 9.60. The molecule has 1 saturated carbocycles. The highest BCUT2D eigenvalue weighted by molar-refractivity contribution is 7.92. The second-order valence-electron chi connectivity index (χ2n) is 8.40. The predicted molar refractivity (Wildman–Crippen MR) is 116 cm³/mol. The molecule has 0 atom stereocenters. The summed E-state index contributed by atoms with van der Waals surface area (Å²) in [6.07, 6.45) is 5.56. The van der Waals surface area contributed by atoms with E-state index in [-0.39, 0.29) is 40.9 Å². The van der Waals surface area contributed by atoms with E-state index in [0.717, 1.165) is 30.5 Å². The molecule has 0 spiro atoms. The molecule has 1 aliphatic rings. The normalized spacial score (nSPS) is 19.8. The van der Waals surface area contributed by atoms with Crippen LogP contribution < -0.4 is 11.1 Å². The molecule has 0 aromatic carbocycles. The molecule has 0 unspecified atom stereocenters. The van der Waals surface area contributed by atoms with E-state index in [9.17, 15) is 8.68 Å². The van der Waals surface area contributed by atoms with Gasteiger partial charge in [-0.2, -0.15) is 0 Å². The lowest BCUT2D eigenvalue weighted by atomic mass is 9.73. The van der Waals surface area contributed by atoms with Gasteiger partial charge in [-0.1, -0.05) is 13.8 Å². The van der Waals surface area contributed by atoms with E-state index in [0.29, 0.717) is 16.9 Å². The Kier molecular flexibility index (Phi) is 5.97. The van der Waals surface area contributed by atoms with E-state index in [1.54, 1.807) is 7.05 Å². The van der Waals surface area contributed by atoms with E-state index < -0.39 is 0 Å². The number of carbonyl (C=O) groups excluding carboxylic acids is 1. The van der Waals surface area contributed by atoms with Crippen LogP contribution in [0.3, 0.4) is 0 Å². The zero-order valence-electron chi connectivity index (χ0n) is 17.4. The fourth-order valence-corrected chi connectivity index (χ4v) is 3.91. The third-order valence-corrected chi connectivity index (χ3v) is 5.55. The minimum Gasteiger partial charge on any atom is -0.397 e. The van der Waals surface area contributed by atoms with E-state index in [4.69, 9.17) is 5.73 Å². The van der Waals surface area contributed by atoms with Crippen LogP contribution in [0.1, 0.15) is 63.0 Å². The number of nitrogens with one attached hydrogen (secondary N) is 1. The number of nitrogens with two attached hydrogens (primary N) is 1. The number of nitrogens with zero attached hydrogens (tertiary/aromatic N) is 4. The monoisotopic (exact) mass is 418 g/mol. The zero-order valence-corrected chi connectivity index (χ0v) is 18.2. The smallest absolute Gasteiger partial charge is 0.255 e. The molecule has 9 heteroatoms. The molecular weight excluding hydrogens is 391 g/mol. The Labute approximate surface area is 174 Å². The molecule has 1 aliphatic carbocycles. The van der Waals surface area contributed by atoms with Gasteiger partial charge in [0.05, 0.1) is 17.5 Å². The zero-order chi connectivity index (χ0) is 21.3. The lowest BCUT2D eigenvalue weighted by Crippen LogP contribution is -2.30. The number of rotatable bonds is 4. The van der Waals surface area contributed by atoms with E-state index in [1.165, 1.54) is 16.4 Å². The minimum absolute atomic E-state index is 0.0267. The van der Waals surface area contributed by atoms with Crippen molar-refractivity contribution >= 4 is 40.8 Å². The van der Waals surface area contributed by atoms with Gasteiger partial charge in [0.1, 0.15) is 11.2 Å². The molecule has 7 nitrogen and oxygen atoms in total. The third kappa shape index (κ3) is 4.29. The van der Waals surface area contributed by atoms with Crippen molar-refractivity contribution in [2.45, 2.75) is 53.0 Å². The van der Waals surface area contributed by atoms with Crippen LogP contribution >= 0.6 is 12.3 Å². The van der Waals surface area contributed by atoms with E-state index in [2.05, 4.69) is 34.1 Å². The molecule has 29 heavy (non-hydrogen) atoms. The number of aromatic nitrogens is 3. The first-order valence-corrected chi connectivity index (χ1v) is 10.3. The van der Waals surface area contributed by atoms with Gasteiger partial charge in [-0.25, -0.2) is 13.9 Å². The molecule has 0 aliphatic heterocycles. The number of hydrogen-bond acceptors (Lipinski definition) is 6. The quantitative estimate of drug-likeness (QED) is 0.785. The summed E-state index contributed by atoms with van der Waals surface area (Å²) in [6.45, 7) is 8.15. The Morgan fingerprint density at radius 3 is 2.79 bits per heavy atom. The molecule has 2 aromatic heterocycles. The molecule has 2 heterocycles. The highest BCUT2D eigenvalue weighted by Crippen LogP contribution is 2.38. The standard InChI is InChI=1S/C20H27FN6OS/c1-11(2)25-19(28)13-10-27(29-21)18-17(13)26-15(9-24-18)16(22)12-6-7-20(3,4)8-14(12)23-5/h9-11H,6-8,22H2,1-5H3,(H,25,28). The Balaban J connectivity index is 2.10. The highest BCUT2D eigenvalue weighted by atomic mass is 32.2. The Bertz CT molecular complexity index is 1010. The minimum atomic E-state index is -0.328. The van der Waals surface area contributed by atoms with Crippen LogP contribution in [0, 0.1) is 5.41 Å². The van der Waals surface area contributed by atoms with Gasteiger partial charge in [0.2, 0.25) is 0 Å². The molecule has 1 amide bonds. The van der Waals surface area contributed by atoms with Crippen LogP contribution in [0.4, 0.5) is 3.89 Å². The molecule has 156 valence electrons. The number of halogens is 1. The molecule has 2 aromatic rings. The van der Waals surface area contributed by atoms with Gasteiger partial charge in [-0.3, -0.25) is 9.79 Å². The summed E-state index contributed by atoms with van der Waals surface area (Å²) in [5.41, 5.74) is 10.4. The summed E-state index contributed by atoms with van der Waals surface area (Å²) in [7, 11) is 1.77. The largest absolute Gasteiger partial charge is 0.397 e. The Hall–Kier alpha value is -2.42. The number of aliphatic imine (C=N–C) groups is 1. The van der Waals surface area contributed by atoms with Crippen molar-refractivity contribution in [3.63, 3.8) is 0 Å². The second kappa shape index (κ2) is 8.14. The van der Waals surface area contributed by atoms with Gasteiger partial charge in [-0.15, -0.1) is 3.89 Å². The number of fused-ring (bicyclic) bond motifs is 1. The summed E-state index contributed by atoms with van der Waals surface area (Å²) in [4.78, 5) is 25.9. The van der Waals surface area contributed by atoms with Crippen molar-refractivity contribution in [1.82, 2.24) is 19.3 Å². The van der Waals surface area contributed by atoms with Crippen molar-refractivity contribution in [2.24, 2.45) is 16.1 Å². The topological polar surface area (TPSA) is 98.2 Å². The van der Waals surface area contributed by atoms with Crippen molar-refractivity contribution in [1.29, 1.82) is 0 Å². The lowest BCUT2D eigenvalue weighted by molar-refractivity contribution is 0.0944. The first kappa shape index (κ1) is 21.3. The summed E-state index contributed by atoms with van der Waals surface area (Å²) < 4.78 is 14.5. The van der Waals surface area contributed by atoms with Crippen LogP contribution in [-0.2, 0) is 0 Å². The van der Waals surface area contributed by atoms with Crippen LogP contribution in [-0.4, -0.2) is 38.6 Å². The van der Waals surface area contributed by atoms with Gasteiger partial charge in [0.25, 0.3) is 5.91 Å². The molecule has 3 rings (SSSR count). The van der Waals surface area contributed by atoms with Crippen molar-refractivity contribution in [2.75, 3.05) is 7.05 Å². The highest BCUT2D eigenvalue weighted by Gasteiger charge is 2.30. The van der Waals surface area contributed by atoms with Crippen molar-refractivity contribution in [3.8, 4) is 0 Å². The van der Waals surface area contributed by atoms with Crippen LogP contribution in [0.2, 0.25) is 0 Å². The number of allylic oxidation sites excluding steroid dienone is 1. The number of carbonyl (C=O) groups is 1. The summed E-state index contributed by atoms with van der Waals surface area (Å²) in [5, 5.41) is 2.81. The van der Waals surface area contributed by atoms with Gasteiger partial charge in [-0.05, 0) is 44.1 Å². The molecular formula is C20H27FN6OS. The third-order valence-electron chi connectivity index (χ3n) is 5.12. The fraction of sp³-hybridized carbons (Fsp3) is 0.500. The molecule has 1 fully saturated rings. The average molecular weight is 419 g/mol. The predicted octanol–water partition coefficient (Wildman–Crippen LogP) is 3.90. The average Bonchev–Trinajstić information content (AvgIpc) is 3.04. The van der Waals surface area contributed by atoms with Gasteiger partial charge < -0.3 is 11.1 Å². The summed E-state index contributed by atoms with van der Waals surface area (Å²) >= 11 is -0.0267. The maximum Gasteiger partial charge on any atom is 0.255 e. The molecule has 3 N–H and O–H groups in total. The number of hydrogen-bond donors (Lipinski definition) is 2. The van der Waals surface area contributed by atoms with Gasteiger partial charge in [0, 0.05) is 25.0 Å². The van der Waals surface area contributed by atoms with Crippen molar-refractivity contribution in [3.05, 3.63) is 29.2 Å². The summed E-state index contributed by atoms with van der Waals surface area (Å²) in [6, 6.07) is -0.0591. The Morgan fingerprint density at radius 2 is 2.17 bits per heavy atom. The first-order chi connectivity index (χ1) is 13.7. The molecule has 0 bridgehead atoms. The maximum absolute atomic E-state index is 13.3. The molecule has 0 radical (unpaired) electrons. The Morgan fingerprint density at radius 1 is 1.45 bits per heavy atom. The second-order valence-corrected chi connectivity index (χ2v) is 8.93. The van der Waals surface area contributed by atoms with Gasteiger partial charge >= 0.3 is 0 Å². The SMILES string of the molecule is CN=C1CC(C)(C)CCC1=C(N)c1cnc2c(n1)c(C(=O)NC(C)C)cn2SF. The van der Waals surface area contributed by atoms with Crippen LogP contribution in [0.25, 0.3) is 16.9 Å². The van der Waals surface area contributed by atoms with Crippen LogP contribution in [0.15, 0.2) is 23.0 Å². The lowest BCUT2D eigenvalue weighted by Gasteiger charge is -2.32. The van der Waals surface area contributed by atoms with E-state index in [1.807, 2.05) is 13.8 Å². The van der Waals surface area contributed by atoms with Gasteiger partial charge in [0.15, 0.2) is 18.0 Å². The van der Waals surface area contributed by atoms with E-state index >= 15 is 0 Å².